The second-order valence-corrected chi connectivity index (χ2v) is 3.89. The van der Waals surface area contributed by atoms with Crippen molar-refractivity contribution < 1.29 is 4.79 Å². The lowest BCUT2D eigenvalue weighted by atomic mass is 10.1. The van der Waals surface area contributed by atoms with E-state index in [2.05, 4.69) is 10.3 Å². The Kier molecular flexibility index (Phi) is 3.19. The van der Waals surface area contributed by atoms with Crippen LogP contribution in [0.25, 0.3) is 0 Å². The summed E-state index contributed by atoms with van der Waals surface area (Å²) in [6, 6.07) is 11.2. The van der Waals surface area contributed by atoms with Gasteiger partial charge < -0.3 is 5.32 Å². The number of carbonyl (C=O) groups excluding carboxylic acids is 1. The summed E-state index contributed by atoms with van der Waals surface area (Å²) >= 11 is 0. The fourth-order valence-electron chi connectivity index (χ4n) is 1.61. The van der Waals surface area contributed by atoms with Crippen LogP contribution in [-0.2, 0) is 0 Å². The number of hydrogen-bond donors (Lipinski definition) is 1. The second-order valence-electron chi connectivity index (χ2n) is 3.89. The molecule has 17 heavy (non-hydrogen) atoms. The van der Waals surface area contributed by atoms with Gasteiger partial charge in [-0.3, -0.25) is 9.78 Å². The van der Waals surface area contributed by atoms with E-state index in [4.69, 9.17) is 0 Å². The molecule has 0 radical (unpaired) electrons. The third kappa shape index (κ3) is 2.50. The van der Waals surface area contributed by atoms with Crippen molar-refractivity contribution in [3.05, 3.63) is 59.4 Å². The van der Waals surface area contributed by atoms with Gasteiger partial charge in [0.2, 0.25) is 0 Å². The molecule has 0 spiro atoms. The van der Waals surface area contributed by atoms with Crippen LogP contribution < -0.4 is 5.32 Å². The number of nitrogens with one attached hydrogen (secondary N) is 1. The standard InChI is InChI=1S/C14H14N2O/c1-10-11(2)15-9-8-13(10)14(17)16-12-6-4-3-5-7-12/h3-9H,1-2H3,(H,16,17). The number of benzene rings is 1. The van der Waals surface area contributed by atoms with Gasteiger partial charge >= 0.3 is 0 Å². The topological polar surface area (TPSA) is 42.0 Å². The highest BCUT2D eigenvalue weighted by Gasteiger charge is 2.10. The fourth-order valence-corrected chi connectivity index (χ4v) is 1.61. The largest absolute Gasteiger partial charge is 0.322 e. The number of anilines is 1. The van der Waals surface area contributed by atoms with Crippen LogP contribution in [-0.4, -0.2) is 10.9 Å². The van der Waals surface area contributed by atoms with Crippen LogP contribution in [0.15, 0.2) is 42.6 Å². The monoisotopic (exact) mass is 226 g/mol. The molecule has 0 unspecified atom stereocenters. The van der Waals surface area contributed by atoms with E-state index in [1.807, 2.05) is 44.2 Å². The molecule has 1 aromatic carbocycles. The molecule has 0 aliphatic rings. The van der Waals surface area contributed by atoms with Crippen molar-refractivity contribution in [2.75, 3.05) is 5.32 Å². The molecule has 86 valence electrons. The predicted octanol–water partition coefficient (Wildman–Crippen LogP) is 2.95. The lowest BCUT2D eigenvalue weighted by Gasteiger charge is -2.08. The van der Waals surface area contributed by atoms with Gasteiger partial charge in [-0.05, 0) is 37.6 Å². The molecule has 0 fully saturated rings. The van der Waals surface area contributed by atoms with E-state index in [9.17, 15) is 4.79 Å². The molecule has 0 aliphatic carbocycles. The van der Waals surface area contributed by atoms with E-state index in [1.165, 1.54) is 0 Å². The minimum absolute atomic E-state index is 0.0980. The smallest absolute Gasteiger partial charge is 0.256 e. The van der Waals surface area contributed by atoms with Crippen LogP contribution in [0, 0.1) is 13.8 Å². The molecular weight excluding hydrogens is 212 g/mol. The number of carbonyl (C=O) groups is 1. The first-order chi connectivity index (χ1) is 8.18. The SMILES string of the molecule is Cc1nccc(C(=O)Nc2ccccc2)c1C. The predicted molar refractivity (Wildman–Crippen MR) is 68.1 cm³/mol. The minimum atomic E-state index is -0.0980. The summed E-state index contributed by atoms with van der Waals surface area (Å²) in [6.07, 6.45) is 1.65. The Morgan fingerprint density at radius 2 is 1.82 bits per heavy atom. The molecule has 2 aromatic rings. The molecule has 0 bridgehead atoms. The molecule has 0 saturated heterocycles. The number of pyridine rings is 1. The maximum Gasteiger partial charge on any atom is 0.256 e. The molecule has 3 heteroatoms. The molecule has 1 heterocycles. The Hall–Kier alpha value is -2.16. The number of amides is 1. The number of aryl methyl sites for hydroxylation is 1. The van der Waals surface area contributed by atoms with Crippen molar-refractivity contribution in [3.8, 4) is 0 Å². The Morgan fingerprint density at radius 3 is 2.53 bits per heavy atom. The van der Waals surface area contributed by atoms with Gasteiger partial charge in [0.25, 0.3) is 5.91 Å². The van der Waals surface area contributed by atoms with E-state index in [0.717, 1.165) is 16.9 Å². The van der Waals surface area contributed by atoms with E-state index < -0.39 is 0 Å². The normalized spacial score (nSPS) is 10.0. The van der Waals surface area contributed by atoms with Gasteiger partial charge in [-0.2, -0.15) is 0 Å². The average molecular weight is 226 g/mol. The fraction of sp³-hybridized carbons (Fsp3) is 0.143. The number of nitrogens with zero attached hydrogens (tertiary/aromatic N) is 1. The summed E-state index contributed by atoms with van der Waals surface area (Å²) in [7, 11) is 0. The lowest BCUT2D eigenvalue weighted by molar-refractivity contribution is 0.102. The number of para-hydroxylation sites is 1. The Labute approximate surface area is 101 Å². The third-order valence-electron chi connectivity index (χ3n) is 2.73. The summed E-state index contributed by atoms with van der Waals surface area (Å²) in [6.45, 7) is 3.80. The summed E-state index contributed by atoms with van der Waals surface area (Å²) in [5.74, 6) is -0.0980. The molecule has 1 amide bonds. The van der Waals surface area contributed by atoms with E-state index in [1.54, 1.807) is 12.3 Å². The highest BCUT2D eigenvalue weighted by Crippen LogP contribution is 2.13. The zero-order valence-corrected chi connectivity index (χ0v) is 9.90. The lowest BCUT2D eigenvalue weighted by Crippen LogP contribution is -2.14. The van der Waals surface area contributed by atoms with Crippen molar-refractivity contribution >= 4 is 11.6 Å². The average Bonchev–Trinajstić information content (AvgIpc) is 2.34. The van der Waals surface area contributed by atoms with E-state index >= 15 is 0 Å². The van der Waals surface area contributed by atoms with Crippen LogP contribution in [0.3, 0.4) is 0 Å². The summed E-state index contributed by atoms with van der Waals surface area (Å²) in [5.41, 5.74) is 3.26. The van der Waals surface area contributed by atoms with E-state index in [0.29, 0.717) is 5.56 Å². The van der Waals surface area contributed by atoms with E-state index in [-0.39, 0.29) is 5.91 Å². The van der Waals surface area contributed by atoms with Crippen molar-refractivity contribution in [2.24, 2.45) is 0 Å². The maximum atomic E-state index is 12.0. The summed E-state index contributed by atoms with van der Waals surface area (Å²) in [5, 5.41) is 2.86. The number of aromatic nitrogens is 1. The van der Waals surface area contributed by atoms with Gasteiger partial charge in [-0.25, -0.2) is 0 Å². The summed E-state index contributed by atoms with van der Waals surface area (Å²) < 4.78 is 0. The minimum Gasteiger partial charge on any atom is -0.322 e. The molecule has 2 rings (SSSR count). The quantitative estimate of drug-likeness (QED) is 0.855. The van der Waals surface area contributed by atoms with Gasteiger partial charge in [0, 0.05) is 23.1 Å². The molecule has 0 atom stereocenters. The van der Waals surface area contributed by atoms with Gasteiger partial charge in [0.05, 0.1) is 0 Å². The van der Waals surface area contributed by atoms with Crippen LogP contribution in [0.4, 0.5) is 5.69 Å². The number of hydrogen-bond acceptors (Lipinski definition) is 2. The van der Waals surface area contributed by atoms with Crippen LogP contribution in [0.1, 0.15) is 21.6 Å². The van der Waals surface area contributed by atoms with Gasteiger partial charge in [-0.15, -0.1) is 0 Å². The first kappa shape index (κ1) is 11.3. The third-order valence-corrected chi connectivity index (χ3v) is 2.73. The van der Waals surface area contributed by atoms with Crippen molar-refractivity contribution in [1.29, 1.82) is 0 Å². The first-order valence-electron chi connectivity index (χ1n) is 5.47. The molecule has 1 aromatic heterocycles. The van der Waals surface area contributed by atoms with Crippen molar-refractivity contribution in [1.82, 2.24) is 4.98 Å². The second kappa shape index (κ2) is 4.78. The molecule has 0 aliphatic heterocycles. The van der Waals surface area contributed by atoms with Crippen LogP contribution in [0.5, 0.6) is 0 Å². The number of rotatable bonds is 2. The summed E-state index contributed by atoms with van der Waals surface area (Å²) in [4.78, 5) is 16.2. The highest BCUT2D eigenvalue weighted by molar-refractivity contribution is 6.05. The molecular formula is C14H14N2O. The molecule has 1 N–H and O–H groups in total. The van der Waals surface area contributed by atoms with Crippen LogP contribution in [0.2, 0.25) is 0 Å². The Morgan fingerprint density at radius 1 is 1.12 bits per heavy atom. The molecule has 3 nitrogen and oxygen atoms in total. The highest BCUT2D eigenvalue weighted by atomic mass is 16.1. The van der Waals surface area contributed by atoms with Crippen molar-refractivity contribution in [2.45, 2.75) is 13.8 Å². The zero-order valence-electron chi connectivity index (χ0n) is 9.90. The van der Waals surface area contributed by atoms with Gasteiger partial charge in [0.15, 0.2) is 0 Å². The zero-order chi connectivity index (χ0) is 12.3. The Balaban J connectivity index is 2.24. The first-order valence-corrected chi connectivity index (χ1v) is 5.47. The Bertz CT molecular complexity index is 535. The van der Waals surface area contributed by atoms with Gasteiger partial charge in [-0.1, -0.05) is 18.2 Å². The van der Waals surface area contributed by atoms with Gasteiger partial charge in [0.1, 0.15) is 0 Å². The van der Waals surface area contributed by atoms with Crippen molar-refractivity contribution in [3.63, 3.8) is 0 Å². The molecule has 0 saturated carbocycles. The maximum absolute atomic E-state index is 12.0. The van der Waals surface area contributed by atoms with Crippen LogP contribution >= 0.6 is 0 Å².